The third-order valence-electron chi connectivity index (χ3n) is 2.01. The van der Waals surface area contributed by atoms with Gasteiger partial charge in [-0.05, 0) is 11.6 Å². The van der Waals surface area contributed by atoms with E-state index in [0.29, 0.717) is 12.0 Å². The molecule has 1 amide bonds. The molecule has 76 valence electrons. The van der Waals surface area contributed by atoms with E-state index in [-0.39, 0.29) is 6.54 Å². The molecule has 0 aliphatic carbocycles. The molecule has 0 spiro atoms. The first-order valence-electron chi connectivity index (χ1n) is 4.41. The van der Waals surface area contributed by atoms with Crippen LogP contribution >= 0.6 is 0 Å². The van der Waals surface area contributed by atoms with Crippen LogP contribution in [-0.4, -0.2) is 23.7 Å². The number of aliphatic hydroxyl groups is 1. The van der Waals surface area contributed by atoms with E-state index in [0.717, 1.165) is 5.56 Å². The van der Waals surface area contributed by atoms with E-state index in [4.69, 9.17) is 11.5 Å². The molecule has 0 saturated carbocycles. The Kier molecular flexibility index (Phi) is 3.62. The number of nitrogens with two attached hydrogens (primary N) is 2. The lowest BCUT2D eigenvalue weighted by atomic mass is 10.0. The van der Waals surface area contributed by atoms with E-state index in [1.807, 2.05) is 0 Å². The predicted octanol–water partition coefficient (Wildman–Crippen LogP) is -0.352. The molecule has 1 atom stereocenters. The van der Waals surface area contributed by atoms with Crippen molar-refractivity contribution >= 4 is 5.91 Å². The maximum atomic E-state index is 11.0. The number of carbonyl (C=O) groups excluding carboxylic acids is 1. The van der Waals surface area contributed by atoms with Crippen molar-refractivity contribution in [1.29, 1.82) is 0 Å². The summed E-state index contributed by atoms with van der Waals surface area (Å²) in [5, 5.41) is 9.34. The fourth-order valence-corrected chi connectivity index (χ4v) is 1.28. The summed E-state index contributed by atoms with van der Waals surface area (Å²) in [5.74, 6) is -0.482. The second-order valence-electron chi connectivity index (χ2n) is 3.12. The maximum absolute atomic E-state index is 11.0. The van der Waals surface area contributed by atoms with Crippen molar-refractivity contribution in [1.82, 2.24) is 0 Å². The molecule has 4 nitrogen and oxygen atoms in total. The van der Waals surface area contributed by atoms with Crippen LogP contribution < -0.4 is 11.5 Å². The molecule has 1 unspecified atom stereocenters. The van der Waals surface area contributed by atoms with Crippen molar-refractivity contribution in [3.8, 4) is 0 Å². The minimum atomic E-state index is -0.629. The summed E-state index contributed by atoms with van der Waals surface area (Å²) in [4.78, 5) is 11.0. The summed E-state index contributed by atoms with van der Waals surface area (Å²) in [6, 6.07) is 6.93. The monoisotopic (exact) mass is 194 g/mol. The molecule has 0 bridgehead atoms. The molecule has 0 heterocycles. The number of hydrogen-bond acceptors (Lipinski definition) is 3. The van der Waals surface area contributed by atoms with Crippen molar-refractivity contribution < 1.29 is 9.90 Å². The first-order valence-corrected chi connectivity index (χ1v) is 4.41. The Hall–Kier alpha value is -1.39. The van der Waals surface area contributed by atoms with Crippen LogP contribution in [0.3, 0.4) is 0 Å². The SMILES string of the molecule is NCC(O)Cc1ccccc1C(N)=O. The van der Waals surface area contributed by atoms with E-state index in [1.54, 1.807) is 24.3 Å². The molecule has 0 aliphatic rings. The highest BCUT2D eigenvalue weighted by molar-refractivity contribution is 5.94. The highest BCUT2D eigenvalue weighted by Gasteiger charge is 2.10. The van der Waals surface area contributed by atoms with E-state index in [1.165, 1.54) is 0 Å². The fraction of sp³-hybridized carbons (Fsp3) is 0.300. The first kappa shape index (κ1) is 10.7. The second-order valence-corrected chi connectivity index (χ2v) is 3.12. The van der Waals surface area contributed by atoms with Crippen LogP contribution in [0.25, 0.3) is 0 Å². The lowest BCUT2D eigenvalue weighted by molar-refractivity contribution is 0.0998. The summed E-state index contributed by atoms with van der Waals surface area (Å²) >= 11 is 0. The molecule has 1 aromatic rings. The third-order valence-corrected chi connectivity index (χ3v) is 2.01. The van der Waals surface area contributed by atoms with Gasteiger partial charge in [-0.15, -0.1) is 0 Å². The number of aliphatic hydroxyl groups excluding tert-OH is 1. The molecule has 0 aromatic heterocycles. The van der Waals surface area contributed by atoms with Crippen molar-refractivity contribution in [2.45, 2.75) is 12.5 Å². The highest BCUT2D eigenvalue weighted by Crippen LogP contribution is 2.10. The Morgan fingerprint density at radius 3 is 2.64 bits per heavy atom. The molecule has 0 fully saturated rings. The van der Waals surface area contributed by atoms with Gasteiger partial charge in [0.2, 0.25) is 5.91 Å². The van der Waals surface area contributed by atoms with Crippen molar-refractivity contribution in [3.05, 3.63) is 35.4 Å². The topological polar surface area (TPSA) is 89.3 Å². The lowest BCUT2D eigenvalue weighted by Gasteiger charge is -2.10. The standard InChI is InChI=1S/C10H14N2O2/c11-6-8(13)5-7-3-1-2-4-9(7)10(12)14/h1-4,8,13H,5-6,11H2,(H2,12,14). The minimum absolute atomic E-state index is 0.174. The molecule has 14 heavy (non-hydrogen) atoms. The lowest BCUT2D eigenvalue weighted by Crippen LogP contribution is -2.24. The average Bonchev–Trinajstić information content (AvgIpc) is 2.18. The zero-order valence-corrected chi connectivity index (χ0v) is 7.81. The average molecular weight is 194 g/mol. The van der Waals surface area contributed by atoms with Gasteiger partial charge in [-0.2, -0.15) is 0 Å². The molecule has 5 N–H and O–H groups in total. The molecule has 1 rings (SSSR count). The smallest absolute Gasteiger partial charge is 0.248 e. The normalized spacial score (nSPS) is 12.4. The Morgan fingerprint density at radius 2 is 2.07 bits per heavy atom. The van der Waals surface area contributed by atoms with Crippen LogP contribution in [0.4, 0.5) is 0 Å². The molecule has 0 aliphatic heterocycles. The van der Waals surface area contributed by atoms with Crippen molar-refractivity contribution in [2.24, 2.45) is 11.5 Å². The predicted molar refractivity (Wildman–Crippen MR) is 53.7 cm³/mol. The van der Waals surface area contributed by atoms with E-state index >= 15 is 0 Å². The third kappa shape index (κ3) is 2.55. The summed E-state index contributed by atoms with van der Waals surface area (Å²) < 4.78 is 0. The van der Waals surface area contributed by atoms with Crippen molar-refractivity contribution in [2.75, 3.05) is 6.54 Å². The molecular formula is C10H14N2O2. The summed E-state index contributed by atoms with van der Waals surface area (Å²) in [7, 11) is 0. The van der Waals surface area contributed by atoms with Crippen molar-refractivity contribution in [3.63, 3.8) is 0 Å². The van der Waals surface area contributed by atoms with E-state index in [9.17, 15) is 9.90 Å². The fourth-order valence-electron chi connectivity index (χ4n) is 1.28. The van der Waals surface area contributed by atoms with E-state index in [2.05, 4.69) is 0 Å². The highest BCUT2D eigenvalue weighted by atomic mass is 16.3. The zero-order valence-electron chi connectivity index (χ0n) is 7.81. The Balaban J connectivity index is 2.90. The maximum Gasteiger partial charge on any atom is 0.248 e. The number of carbonyl (C=O) groups is 1. The largest absolute Gasteiger partial charge is 0.391 e. The Labute approximate surface area is 82.5 Å². The van der Waals surface area contributed by atoms with Crippen LogP contribution in [0.2, 0.25) is 0 Å². The number of benzene rings is 1. The molecule has 1 aromatic carbocycles. The van der Waals surface area contributed by atoms with Gasteiger partial charge in [-0.3, -0.25) is 4.79 Å². The second kappa shape index (κ2) is 4.74. The first-order chi connectivity index (χ1) is 6.65. The Morgan fingerprint density at radius 1 is 1.43 bits per heavy atom. The Bertz CT molecular complexity index is 326. The van der Waals surface area contributed by atoms with Gasteiger partial charge >= 0.3 is 0 Å². The number of hydrogen-bond donors (Lipinski definition) is 3. The van der Waals surface area contributed by atoms with Gasteiger partial charge in [0.1, 0.15) is 0 Å². The quantitative estimate of drug-likeness (QED) is 0.612. The number of primary amides is 1. The minimum Gasteiger partial charge on any atom is -0.391 e. The van der Waals surface area contributed by atoms with Gasteiger partial charge in [0.15, 0.2) is 0 Å². The van der Waals surface area contributed by atoms with Crippen LogP contribution in [0.5, 0.6) is 0 Å². The van der Waals surface area contributed by atoms with Gasteiger partial charge < -0.3 is 16.6 Å². The number of amides is 1. The van der Waals surface area contributed by atoms with Crippen LogP contribution in [0.1, 0.15) is 15.9 Å². The molecule has 4 heteroatoms. The van der Waals surface area contributed by atoms with Crippen LogP contribution in [-0.2, 0) is 6.42 Å². The molecule has 0 radical (unpaired) electrons. The van der Waals surface area contributed by atoms with Gasteiger partial charge in [0.05, 0.1) is 6.10 Å². The number of rotatable bonds is 4. The van der Waals surface area contributed by atoms with Crippen LogP contribution in [0.15, 0.2) is 24.3 Å². The van der Waals surface area contributed by atoms with Gasteiger partial charge in [-0.25, -0.2) is 0 Å². The summed E-state index contributed by atoms with van der Waals surface area (Å²) in [5.41, 5.74) is 11.6. The van der Waals surface area contributed by atoms with Crippen LogP contribution in [0, 0.1) is 0 Å². The van der Waals surface area contributed by atoms with Gasteiger partial charge in [0, 0.05) is 18.5 Å². The van der Waals surface area contributed by atoms with Gasteiger partial charge in [0.25, 0.3) is 0 Å². The summed E-state index contributed by atoms with van der Waals surface area (Å²) in [6.07, 6.45) is -0.272. The summed E-state index contributed by atoms with van der Waals surface area (Å²) in [6.45, 7) is 0.174. The van der Waals surface area contributed by atoms with E-state index < -0.39 is 12.0 Å². The van der Waals surface area contributed by atoms with Gasteiger partial charge in [-0.1, -0.05) is 18.2 Å². The zero-order chi connectivity index (χ0) is 10.6. The molecule has 0 saturated heterocycles. The molecular weight excluding hydrogens is 180 g/mol.